The average molecular weight is 266 g/mol. The molecule has 0 aliphatic carbocycles. The lowest BCUT2D eigenvalue weighted by molar-refractivity contribution is 0.190. The van der Waals surface area contributed by atoms with Crippen molar-refractivity contribution in [1.29, 1.82) is 0 Å². The molecular weight excluding hydrogens is 240 g/mol. The van der Waals surface area contributed by atoms with E-state index in [9.17, 15) is 0 Å². The fourth-order valence-electron chi connectivity index (χ4n) is 2.69. The fraction of sp³-hybridized carbons (Fsp3) is 0.786. The van der Waals surface area contributed by atoms with Crippen LogP contribution in [0.4, 0.5) is 5.95 Å². The Morgan fingerprint density at radius 1 is 1.58 bits per heavy atom. The molecule has 1 aromatic rings. The second-order valence-electron chi connectivity index (χ2n) is 5.33. The maximum Gasteiger partial charge on any atom is 0.205 e. The molecule has 1 aliphatic heterocycles. The van der Waals surface area contributed by atoms with Gasteiger partial charge in [-0.3, -0.25) is 0 Å². The van der Waals surface area contributed by atoms with E-state index in [4.69, 9.17) is 4.74 Å². The molecule has 5 heteroatoms. The Bertz CT molecular complexity index is 385. The lowest BCUT2D eigenvalue weighted by atomic mass is 10.1. The van der Waals surface area contributed by atoms with Gasteiger partial charge < -0.3 is 19.5 Å². The Kier molecular flexibility index (Phi) is 5.22. The van der Waals surface area contributed by atoms with Gasteiger partial charge in [0, 0.05) is 46.1 Å². The number of piperidine rings is 1. The topological polar surface area (TPSA) is 42.3 Å². The second-order valence-corrected chi connectivity index (χ2v) is 5.33. The molecule has 0 spiro atoms. The number of nitrogens with one attached hydrogen (secondary N) is 1. The van der Waals surface area contributed by atoms with Crippen molar-refractivity contribution in [3.8, 4) is 0 Å². The number of ether oxygens (including phenoxy) is 1. The standard InChI is InChI=1S/C14H26N4O/c1-12-11-18(8-5-9-19-3)14(16-12)17(2)13-6-4-7-15-10-13/h11,13,15H,4-10H2,1-3H3. The number of hydrogen-bond acceptors (Lipinski definition) is 4. The van der Waals surface area contributed by atoms with Gasteiger partial charge in [-0.05, 0) is 32.7 Å². The van der Waals surface area contributed by atoms with Gasteiger partial charge in [-0.2, -0.15) is 0 Å². The maximum absolute atomic E-state index is 5.13. The molecule has 0 aromatic carbocycles. The first-order chi connectivity index (χ1) is 9.22. The smallest absolute Gasteiger partial charge is 0.205 e. The largest absolute Gasteiger partial charge is 0.385 e. The van der Waals surface area contributed by atoms with Crippen LogP contribution in [0.2, 0.25) is 0 Å². The first kappa shape index (κ1) is 14.3. The Balaban J connectivity index is 2.04. The number of hydrogen-bond donors (Lipinski definition) is 1. The highest BCUT2D eigenvalue weighted by Crippen LogP contribution is 2.19. The number of anilines is 1. The summed E-state index contributed by atoms with van der Waals surface area (Å²) >= 11 is 0. The summed E-state index contributed by atoms with van der Waals surface area (Å²) in [5.74, 6) is 1.09. The molecule has 1 N–H and O–H groups in total. The van der Waals surface area contributed by atoms with Crippen molar-refractivity contribution >= 4 is 5.95 Å². The van der Waals surface area contributed by atoms with Gasteiger partial charge >= 0.3 is 0 Å². The van der Waals surface area contributed by atoms with E-state index in [1.165, 1.54) is 12.8 Å². The van der Waals surface area contributed by atoms with Gasteiger partial charge in [0.2, 0.25) is 5.95 Å². The number of nitrogens with zero attached hydrogens (tertiary/aromatic N) is 3. The zero-order valence-corrected chi connectivity index (χ0v) is 12.4. The van der Waals surface area contributed by atoms with Crippen LogP contribution in [0, 0.1) is 6.92 Å². The fourth-order valence-corrected chi connectivity index (χ4v) is 2.69. The number of imidazole rings is 1. The predicted molar refractivity (Wildman–Crippen MR) is 77.8 cm³/mol. The molecule has 0 saturated carbocycles. The number of rotatable bonds is 6. The minimum absolute atomic E-state index is 0.553. The Morgan fingerprint density at radius 2 is 2.42 bits per heavy atom. The molecule has 1 unspecified atom stereocenters. The molecular formula is C14H26N4O. The van der Waals surface area contributed by atoms with Crippen molar-refractivity contribution in [3.05, 3.63) is 11.9 Å². The summed E-state index contributed by atoms with van der Waals surface area (Å²) in [5, 5.41) is 3.47. The summed E-state index contributed by atoms with van der Waals surface area (Å²) in [5.41, 5.74) is 1.09. The molecule has 1 aliphatic rings. The van der Waals surface area contributed by atoms with Crippen LogP contribution in [-0.4, -0.2) is 49.4 Å². The molecule has 1 fully saturated rings. The van der Waals surface area contributed by atoms with Gasteiger partial charge in [0.1, 0.15) is 0 Å². The molecule has 19 heavy (non-hydrogen) atoms. The molecule has 0 amide bonds. The SMILES string of the molecule is COCCCn1cc(C)nc1N(C)C1CCCNC1. The third-order valence-electron chi connectivity index (χ3n) is 3.76. The van der Waals surface area contributed by atoms with E-state index in [0.29, 0.717) is 6.04 Å². The van der Waals surface area contributed by atoms with Crippen molar-refractivity contribution in [1.82, 2.24) is 14.9 Å². The van der Waals surface area contributed by atoms with Crippen LogP contribution >= 0.6 is 0 Å². The van der Waals surface area contributed by atoms with Crippen LogP contribution in [-0.2, 0) is 11.3 Å². The van der Waals surface area contributed by atoms with Crippen LogP contribution in [0.3, 0.4) is 0 Å². The molecule has 2 rings (SSSR count). The van der Waals surface area contributed by atoms with E-state index < -0.39 is 0 Å². The third kappa shape index (κ3) is 3.70. The molecule has 1 saturated heterocycles. The second kappa shape index (κ2) is 6.91. The van der Waals surface area contributed by atoms with Crippen molar-refractivity contribution < 1.29 is 4.74 Å². The number of methoxy groups -OCH3 is 1. The molecule has 5 nitrogen and oxygen atoms in total. The molecule has 1 aromatic heterocycles. The lowest BCUT2D eigenvalue weighted by Gasteiger charge is -2.32. The van der Waals surface area contributed by atoms with Crippen LogP contribution in [0.25, 0.3) is 0 Å². The van der Waals surface area contributed by atoms with Crippen LogP contribution in [0.15, 0.2) is 6.20 Å². The Labute approximate surface area is 116 Å². The molecule has 2 heterocycles. The van der Waals surface area contributed by atoms with E-state index in [1.807, 2.05) is 0 Å². The summed E-state index contributed by atoms with van der Waals surface area (Å²) in [7, 11) is 3.91. The van der Waals surface area contributed by atoms with Gasteiger partial charge in [-0.25, -0.2) is 4.98 Å². The third-order valence-corrected chi connectivity index (χ3v) is 3.76. The zero-order valence-electron chi connectivity index (χ0n) is 12.4. The minimum Gasteiger partial charge on any atom is -0.385 e. The van der Waals surface area contributed by atoms with E-state index in [1.54, 1.807) is 7.11 Å². The normalized spacial score (nSPS) is 19.6. The highest BCUT2D eigenvalue weighted by molar-refractivity contribution is 5.34. The monoisotopic (exact) mass is 266 g/mol. The predicted octanol–water partition coefficient (Wildman–Crippen LogP) is 1.42. The molecule has 0 bridgehead atoms. The zero-order chi connectivity index (χ0) is 13.7. The van der Waals surface area contributed by atoms with Crippen LogP contribution in [0.5, 0.6) is 0 Å². The molecule has 0 radical (unpaired) electrons. The summed E-state index contributed by atoms with van der Waals surface area (Å²) in [6, 6.07) is 0.553. The van der Waals surface area contributed by atoms with Crippen molar-refractivity contribution in [2.24, 2.45) is 0 Å². The van der Waals surface area contributed by atoms with Gasteiger partial charge in [0.25, 0.3) is 0 Å². The molecule has 108 valence electrons. The van der Waals surface area contributed by atoms with Crippen molar-refractivity contribution in [2.45, 2.75) is 38.8 Å². The summed E-state index contributed by atoms with van der Waals surface area (Å²) < 4.78 is 7.38. The van der Waals surface area contributed by atoms with Gasteiger partial charge in [0.15, 0.2) is 0 Å². The minimum atomic E-state index is 0.553. The summed E-state index contributed by atoms with van der Waals surface area (Å²) in [4.78, 5) is 7.01. The maximum atomic E-state index is 5.13. The Morgan fingerprint density at radius 3 is 3.11 bits per heavy atom. The summed E-state index contributed by atoms with van der Waals surface area (Å²) in [6.07, 6.45) is 5.65. The van der Waals surface area contributed by atoms with E-state index in [2.05, 4.69) is 39.9 Å². The Hall–Kier alpha value is -1.07. The van der Waals surface area contributed by atoms with Crippen molar-refractivity contribution in [3.63, 3.8) is 0 Å². The average Bonchev–Trinajstić information content (AvgIpc) is 2.80. The quantitative estimate of drug-likeness (QED) is 0.791. The number of likely N-dealkylation sites (N-methyl/N-ethyl adjacent to an activating group) is 1. The van der Waals surface area contributed by atoms with Crippen LogP contribution < -0.4 is 10.2 Å². The summed E-state index contributed by atoms with van der Waals surface area (Å²) in [6.45, 7) is 6.02. The van der Waals surface area contributed by atoms with E-state index >= 15 is 0 Å². The van der Waals surface area contributed by atoms with Gasteiger partial charge in [-0.1, -0.05) is 0 Å². The highest BCUT2D eigenvalue weighted by Gasteiger charge is 2.21. The lowest BCUT2D eigenvalue weighted by Crippen LogP contribution is -2.45. The number of aryl methyl sites for hydroxylation is 2. The first-order valence-electron chi connectivity index (χ1n) is 7.18. The number of aromatic nitrogens is 2. The van der Waals surface area contributed by atoms with Crippen molar-refractivity contribution in [2.75, 3.05) is 38.8 Å². The highest BCUT2D eigenvalue weighted by atomic mass is 16.5. The van der Waals surface area contributed by atoms with E-state index in [-0.39, 0.29) is 0 Å². The van der Waals surface area contributed by atoms with Gasteiger partial charge in [0.05, 0.1) is 5.69 Å². The van der Waals surface area contributed by atoms with Crippen LogP contribution in [0.1, 0.15) is 25.0 Å². The van der Waals surface area contributed by atoms with Gasteiger partial charge in [-0.15, -0.1) is 0 Å². The molecule has 1 atom stereocenters. The van der Waals surface area contributed by atoms with E-state index in [0.717, 1.165) is 44.3 Å². The first-order valence-corrected chi connectivity index (χ1v) is 7.18.